The molecule has 16 heteroatoms. The van der Waals surface area contributed by atoms with Crippen molar-refractivity contribution >= 4 is 35.3 Å². The van der Waals surface area contributed by atoms with Gasteiger partial charge in [-0.05, 0) is 6.92 Å². The molecular weight excluding hydrogens is 506 g/mol. The molecule has 200 valence electrons. The highest BCUT2D eigenvalue weighted by atomic mass is 19.3. The molecule has 0 aliphatic carbocycles. The number of hydrogen-bond acceptors (Lipinski definition) is 8. The summed E-state index contributed by atoms with van der Waals surface area (Å²) in [4.78, 5) is 38.0. The molecule has 2 aliphatic heterocycles. The maximum absolute atomic E-state index is 15.1. The minimum atomic E-state index is -3.22. The Bertz CT molecular complexity index is 1160. The van der Waals surface area contributed by atoms with Crippen LogP contribution in [0.5, 0.6) is 0 Å². The Kier molecular flexibility index (Phi) is 7.66. The van der Waals surface area contributed by atoms with Gasteiger partial charge in [-0.3, -0.25) is 20.0 Å². The first-order chi connectivity index (χ1) is 17.6. The Labute approximate surface area is 207 Å². The van der Waals surface area contributed by atoms with Crippen molar-refractivity contribution in [2.45, 2.75) is 19.5 Å². The summed E-state index contributed by atoms with van der Waals surface area (Å²) in [5.74, 6) is -3.27. The van der Waals surface area contributed by atoms with Gasteiger partial charge < -0.3 is 19.5 Å². The number of aromatic nitrogens is 1. The number of hydrogen-bond donors (Lipinski definition) is 3. The van der Waals surface area contributed by atoms with Crippen LogP contribution in [0, 0.1) is 18.6 Å². The number of cyclic esters (lactones) is 1. The van der Waals surface area contributed by atoms with Crippen LogP contribution >= 0.6 is 0 Å². The van der Waals surface area contributed by atoms with Gasteiger partial charge in [0.25, 0.3) is 5.91 Å². The third kappa shape index (κ3) is 6.02. The lowest BCUT2D eigenvalue weighted by atomic mass is 10.2. The van der Waals surface area contributed by atoms with E-state index in [-0.39, 0.29) is 56.5 Å². The zero-order valence-corrected chi connectivity index (χ0v) is 19.5. The average molecular weight is 529 g/mol. The van der Waals surface area contributed by atoms with Crippen molar-refractivity contribution in [2.75, 3.05) is 54.4 Å². The first-order valence-corrected chi connectivity index (χ1v) is 11.2. The number of halogens is 4. The number of ether oxygens (including phenoxy) is 1. The second-order valence-electron chi connectivity index (χ2n) is 8.23. The summed E-state index contributed by atoms with van der Waals surface area (Å²) >= 11 is 0. The van der Waals surface area contributed by atoms with E-state index in [0.717, 1.165) is 17.0 Å². The molecule has 1 atom stereocenters. The van der Waals surface area contributed by atoms with Gasteiger partial charge in [-0.1, -0.05) is 5.16 Å². The van der Waals surface area contributed by atoms with Gasteiger partial charge in [-0.2, -0.15) is 8.78 Å². The van der Waals surface area contributed by atoms with Crippen LogP contribution in [-0.2, 0) is 9.53 Å². The molecular formula is C21H23F4N7O5. The van der Waals surface area contributed by atoms with Gasteiger partial charge >= 0.3 is 18.5 Å². The number of urea groups is 1. The molecule has 0 bridgehead atoms. The highest BCUT2D eigenvalue weighted by Crippen LogP contribution is 2.31. The number of nitrogens with zero attached hydrogens (tertiary/aromatic N) is 4. The molecule has 4 rings (SSSR count). The molecule has 37 heavy (non-hydrogen) atoms. The summed E-state index contributed by atoms with van der Waals surface area (Å²) in [5.41, 5.74) is 2.97. The SMILES string of the molecule is Cc1cc(NC(=O)N2CCN(c3c(F)cc(N4CC(CNC(=O)C(F)F)OC4=O)cc3F)CCN2)on1. The number of aryl methyl sites for hydroxylation is 1. The Morgan fingerprint density at radius 1 is 1.19 bits per heavy atom. The quantitative estimate of drug-likeness (QED) is 0.483. The highest BCUT2D eigenvalue weighted by Gasteiger charge is 2.34. The largest absolute Gasteiger partial charge is 0.442 e. The van der Waals surface area contributed by atoms with E-state index in [1.807, 2.05) is 5.32 Å². The molecule has 2 saturated heterocycles. The summed E-state index contributed by atoms with van der Waals surface area (Å²) < 4.78 is 64.7. The zero-order chi connectivity index (χ0) is 26.7. The lowest BCUT2D eigenvalue weighted by Gasteiger charge is -2.25. The molecule has 1 unspecified atom stereocenters. The van der Waals surface area contributed by atoms with Gasteiger partial charge in [0.05, 0.1) is 31.0 Å². The second kappa shape index (κ2) is 10.9. The number of rotatable bonds is 6. The predicted octanol–water partition coefficient (Wildman–Crippen LogP) is 1.83. The minimum Gasteiger partial charge on any atom is -0.442 e. The number of anilines is 3. The number of benzene rings is 1. The molecule has 3 N–H and O–H groups in total. The number of nitrogens with one attached hydrogen (secondary N) is 3. The first kappa shape index (κ1) is 26.0. The number of carbonyl (C=O) groups is 3. The van der Waals surface area contributed by atoms with Gasteiger partial charge in [0.2, 0.25) is 5.88 Å². The van der Waals surface area contributed by atoms with Crippen LogP contribution in [0.15, 0.2) is 22.7 Å². The zero-order valence-electron chi connectivity index (χ0n) is 19.5. The van der Waals surface area contributed by atoms with E-state index in [4.69, 9.17) is 9.26 Å². The van der Waals surface area contributed by atoms with Crippen LogP contribution in [0.2, 0.25) is 0 Å². The third-order valence-electron chi connectivity index (χ3n) is 5.59. The summed E-state index contributed by atoms with van der Waals surface area (Å²) in [6.45, 7) is 1.62. The average Bonchev–Trinajstić information content (AvgIpc) is 3.32. The lowest BCUT2D eigenvalue weighted by molar-refractivity contribution is -0.132. The number of alkyl halides is 2. The van der Waals surface area contributed by atoms with E-state index in [1.54, 1.807) is 6.92 Å². The van der Waals surface area contributed by atoms with Crippen LogP contribution in [0.25, 0.3) is 0 Å². The summed E-state index contributed by atoms with van der Waals surface area (Å²) in [6, 6.07) is 2.90. The van der Waals surface area contributed by atoms with Crippen LogP contribution in [0.3, 0.4) is 0 Å². The Balaban J connectivity index is 1.39. The molecule has 12 nitrogen and oxygen atoms in total. The molecule has 4 amide bonds. The Morgan fingerprint density at radius 3 is 2.57 bits per heavy atom. The molecule has 2 aromatic rings. The van der Waals surface area contributed by atoms with Gasteiger partial charge in [0.1, 0.15) is 11.8 Å². The summed E-state index contributed by atoms with van der Waals surface area (Å²) in [7, 11) is 0. The Morgan fingerprint density at radius 2 is 1.92 bits per heavy atom. The van der Waals surface area contributed by atoms with Crippen molar-refractivity contribution in [3.8, 4) is 0 Å². The molecule has 3 heterocycles. The van der Waals surface area contributed by atoms with Gasteiger partial charge in [-0.25, -0.2) is 23.8 Å². The van der Waals surface area contributed by atoms with E-state index in [2.05, 4.69) is 15.9 Å². The van der Waals surface area contributed by atoms with Crippen molar-refractivity contribution in [1.29, 1.82) is 0 Å². The molecule has 0 radical (unpaired) electrons. The van der Waals surface area contributed by atoms with Gasteiger partial charge in [-0.15, -0.1) is 0 Å². The van der Waals surface area contributed by atoms with Crippen molar-refractivity contribution in [3.63, 3.8) is 0 Å². The van der Waals surface area contributed by atoms with Crippen LogP contribution < -0.4 is 25.9 Å². The molecule has 0 saturated carbocycles. The highest BCUT2D eigenvalue weighted by molar-refractivity contribution is 5.90. The molecule has 1 aromatic carbocycles. The molecule has 1 aromatic heterocycles. The van der Waals surface area contributed by atoms with E-state index in [1.165, 1.54) is 16.0 Å². The second-order valence-corrected chi connectivity index (χ2v) is 8.23. The molecule has 2 aliphatic rings. The fourth-order valence-electron chi connectivity index (χ4n) is 3.86. The normalized spacial score (nSPS) is 18.2. The van der Waals surface area contributed by atoms with Crippen molar-refractivity contribution in [3.05, 3.63) is 35.5 Å². The maximum atomic E-state index is 15.1. The van der Waals surface area contributed by atoms with Crippen molar-refractivity contribution in [2.24, 2.45) is 0 Å². The first-order valence-electron chi connectivity index (χ1n) is 11.2. The van der Waals surface area contributed by atoms with Crippen LogP contribution in [0.1, 0.15) is 5.69 Å². The van der Waals surface area contributed by atoms with E-state index in [0.29, 0.717) is 5.69 Å². The lowest BCUT2D eigenvalue weighted by Crippen LogP contribution is -2.45. The maximum Gasteiger partial charge on any atom is 0.414 e. The third-order valence-corrected chi connectivity index (χ3v) is 5.59. The summed E-state index contributed by atoms with van der Waals surface area (Å²) in [6.07, 6.45) is -5.14. The topological polar surface area (TPSA) is 132 Å². The van der Waals surface area contributed by atoms with Gasteiger partial charge in [0.15, 0.2) is 11.6 Å². The van der Waals surface area contributed by atoms with Crippen LogP contribution in [0.4, 0.5) is 44.4 Å². The van der Waals surface area contributed by atoms with Crippen LogP contribution in [-0.4, -0.2) is 80.0 Å². The van der Waals surface area contributed by atoms with Gasteiger partial charge in [0, 0.05) is 37.8 Å². The fourth-order valence-corrected chi connectivity index (χ4v) is 3.86. The van der Waals surface area contributed by atoms with E-state index in [9.17, 15) is 23.2 Å². The smallest absolute Gasteiger partial charge is 0.414 e. The Hall–Kier alpha value is -4.08. The fraction of sp³-hybridized carbons (Fsp3) is 0.429. The monoisotopic (exact) mass is 529 g/mol. The van der Waals surface area contributed by atoms with E-state index < -0.39 is 42.2 Å². The molecule has 2 fully saturated rings. The number of hydrazine groups is 1. The van der Waals surface area contributed by atoms with E-state index >= 15 is 8.78 Å². The standard InChI is InChI=1S/C21H23F4N7O5/c1-11-6-16(37-29-11)28-20(34)32-5-4-30(3-2-27-32)17-14(22)7-12(8-15(17)23)31-10-13(36-21(31)35)9-26-19(33)18(24)25/h6-8,13,18,27H,2-5,9-10H2,1H3,(H,26,33)(H,28,34). The minimum absolute atomic E-state index is 0.0735. The number of carbonyl (C=O) groups excluding carboxylic acids is 3. The number of amides is 4. The van der Waals surface area contributed by atoms with Crippen molar-refractivity contribution in [1.82, 2.24) is 20.9 Å². The molecule has 0 spiro atoms. The summed E-state index contributed by atoms with van der Waals surface area (Å²) in [5, 5.41) is 9.37. The van der Waals surface area contributed by atoms with Crippen molar-refractivity contribution < 1.29 is 41.2 Å². The predicted molar refractivity (Wildman–Crippen MR) is 120 cm³/mol.